The van der Waals surface area contributed by atoms with Gasteiger partial charge in [0.1, 0.15) is 28.5 Å². The Bertz CT molecular complexity index is 1420. The van der Waals surface area contributed by atoms with Gasteiger partial charge < -0.3 is 15.2 Å². The van der Waals surface area contributed by atoms with Crippen molar-refractivity contribution in [2.24, 2.45) is 10.7 Å². The highest BCUT2D eigenvalue weighted by Gasteiger charge is 2.33. The predicted octanol–water partition coefficient (Wildman–Crippen LogP) is 4.90. The second-order valence-electron chi connectivity index (χ2n) is 9.37. The van der Waals surface area contributed by atoms with E-state index in [1.165, 1.54) is 13.3 Å². The van der Waals surface area contributed by atoms with E-state index in [1.54, 1.807) is 13.1 Å². The normalized spacial score (nSPS) is 20.8. The Morgan fingerprint density at radius 3 is 2.61 bits per heavy atom. The van der Waals surface area contributed by atoms with Crippen molar-refractivity contribution in [2.75, 3.05) is 13.7 Å². The molecule has 1 aliphatic heterocycles. The van der Waals surface area contributed by atoms with Crippen LogP contribution in [0.5, 0.6) is 5.88 Å². The lowest BCUT2D eigenvalue weighted by molar-refractivity contribution is -0.137. The van der Waals surface area contributed by atoms with Crippen molar-refractivity contribution < 1.29 is 27.0 Å². The van der Waals surface area contributed by atoms with Crippen LogP contribution in [-0.2, 0) is 10.9 Å². The van der Waals surface area contributed by atoms with Crippen molar-refractivity contribution in [1.29, 1.82) is 0 Å². The third-order valence-electron chi connectivity index (χ3n) is 6.62. The predicted molar refractivity (Wildman–Crippen MR) is 132 cm³/mol. The topological polar surface area (TPSA) is 108 Å². The highest BCUT2D eigenvalue weighted by Crippen LogP contribution is 2.37. The number of benzene rings is 1. The molecule has 0 bridgehead atoms. The van der Waals surface area contributed by atoms with E-state index in [1.807, 2.05) is 0 Å². The molecule has 0 amide bonds. The molecule has 2 unspecified atom stereocenters. The molecular formula is C26H26F4N6O2. The van der Waals surface area contributed by atoms with Gasteiger partial charge in [-0.25, -0.2) is 24.3 Å². The fourth-order valence-electron chi connectivity index (χ4n) is 4.39. The van der Waals surface area contributed by atoms with E-state index in [0.717, 1.165) is 30.5 Å². The maximum atomic E-state index is 15.1. The number of hydrogen-bond donors (Lipinski definition) is 1. The van der Waals surface area contributed by atoms with E-state index in [0.29, 0.717) is 43.1 Å². The number of aromatic nitrogens is 4. The van der Waals surface area contributed by atoms with Crippen molar-refractivity contribution in [3.8, 4) is 17.1 Å². The summed E-state index contributed by atoms with van der Waals surface area (Å²) < 4.78 is 65.8. The second-order valence-corrected chi connectivity index (χ2v) is 9.37. The standard InChI is InChI=1S/C26H26F4N6O2/c1-13-25(37-2)35-22-21(18-6-3-16(10-19(18)27)26(28,29)30)34-23(36-24(22)33-13)14-7-8-38-20(9-14)15(11-31)12-32-17-4-5-17/h3,6,10-12,14,17,20H,4-5,7-9,31H2,1-2H3/b15-11+,32-12?. The highest BCUT2D eigenvalue weighted by molar-refractivity contribution is 5.87. The number of fused-ring (bicyclic) bond motifs is 1. The Morgan fingerprint density at radius 1 is 1.16 bits per heavy atom. The lowest BCUT2D eigenvalue weighted by atomic mass is 9.91. The molecule has 2 aromatic heterocycles. The SMILES string of the molecule is COc1nc2c(-c3ccc(C(F)(F)F)cc3F)nc(C3CCOC(/C(C=NC4CC4)=C/N)C3)nc2nc1C. The summed E-state index contributed by atoms with van der Waals surface area (Å²) in [5.41, 5.74) is 6.17. The first kappa shape index (κ1) is 26.0. The maximum Gasteiger partial charge on any atom is 0.416 e. The van der Waals surface area contributed by atoms with Gasteiger partial charge in [0.2, 0.25) is 5.88 Å². The van der Waals surface area contributed by atoms with Gasteiger partial charge in [-0.1, -0.05) is 0 Å². The first-order chi connectivity index (χ1) is 18.2. The zero-order chi connectivity index (χ0) is 27.0. The van der Waals surface area contributed by atoms with Gasteiger partial charge in [0.15, 0.2) is 5.65 Å². The van der Waals surface area contributed by atoms with Crippen molar-refractivity contribution in [2.45, 2.75) is 56.8 Å². The Hall–Kier alpha value is -3.67. The van der Waals surface area contributed by atoms with E-state index in [4.69, 9.17) is 15.2 Å². The van der Waals surface area contributed by atoms with Crippen LogP contribution in [0.15, 0.2) is 35.0 Å². The van der Waals surface area contributed by atoms with Crippen LogP contribution in [0.2, 0.25) is 0 Å². The molecule has 8 nitrogen and oxygen atoms in total. The van der Waals surface area contributed by atoms with Gasteiger partial charge in [-0.15, -0.1) is 0 Å². The van der Waals surface area contributed by atoms with Crippen LogP contribution in [0.1, 0.15) is 48.7 Å². The molecule has 0 spiro atoms. The molecule has 2 aliphatic rings. The molecule has 1 saturated heterocycles. The molecule has 1 aliphatic carbocycles. The monoisotopic (exact) mass is 530 g/mol. The van der Waals surface area contributed by atoms with E-state index in [-0.39, 0.29) is 40.3 Å². The summed E-state index contributed by atoms with van der Waals surface area (Å²) in [5, 5.41) is 0. The number of nitrogens with zero attached hydrogens (tertiary/aromatic N) is 5. The molecule has 2 N–H and O–H groups in total. The van der Waals surface area contributed by atoms with Gasteiger partial charge in [0.05, 0.1) is 24.8 Å². The number of rotatable bonds is 6. The fraction of sp³-hybridized carbons (Fsp3) is 0.423. The van der Waals surface area contributed by atoms with E-state index < -0.39 is 17.6 Å². The fourth-order valence-corrected chi connectivity index (χ4v) is 4.39. The van der Waals surface area contributed by atoms with Gasteiger partial charge in [0, 0.05) is 36.1 Å². The molecule has 0 radical (unpaired) electrons. The zero-order valence-electron chi connectivity index (χ0n) is 20.8. The highest BCUT2D eigenvalue weighted by atomic mass is 19.4. The van der Waals surface area contributed by atoms with Crippen LogP contribution < -0.4 is 10.5 Å². The lowest BCUT2D eigenvalue weighted by Gasteiger charge is -2.29. The van der Waals surface area contributed by atoms with Crippen molar-refractivity contribution in [3.05, 3.63) is 52.9 Å². The maximum absolute atomic E-state index is 15.1. The molecule has 5 rings (SSSR count). The molecule has 12 heteroatoms. The molecule has 2 fully saturated rings. The summed E-state index contributed by atoms with van der Waals surface area (Å²) in [7, 11) is 1.41. The Morgan fingerprint density at radius 2 is 1.95 bits per heavy atom. The quantitative estimate of drug-likeness (QED) is 0.357. The zero-order valence-corrected chi connectivity index (χ0v) is 20.8. The van der Waals surface area contributed by atoms with Gasteiger partial charge in [-0.2, -0.15) is 13.2 Å². The molecule has 3 heterocycles. The van der Waals surface area contributed by atoms with Crippen LogP contribution in [0.4, 0.5) is 17.6 Å². The summed E-state index contributed by atoms with van der Waals surface area (Å²) in [6, 6.07) is 2.64. The van der Waals surface area contributed by atoms with Gasteiger partial charge in [0.25, 0.3) is 0 Å². The number of aliphatic imine (C=N–C) groups is 1. The summed E-state index contributed by atoms with van der Waals surface area (Å²) in [6.07, 6.45) is 1.38. The second kappa shape index (κ2) is 10.2. The van der Waals surface area contributed by atoms with Crippen LogP contribution >= 0.6 is 0 Å². The largest absolute Gasteiger partial charge is 0.480 e. The average Bonchev–Trinajstić information content (AvgIpc) is 3.72. The molecule has 1 saturated carbocycles. The first-order valence-electron chi connectivity index (χ1n) is 12.2. The molecule has 2 atom stereocenters. The van der Waals surface area contributed by atoms with E-state index in [2.05, 4.69) is 24.9 Å². The van der Waals surface area contributed by atoms with Crippen LogP contribution in [-0.4, -0.2) is 52.0 Å². The lowest BCUT2D eigenvalue weighted by Crippen LogP contribution is -2.28. The number of hydrogen-bond acceptors (Lipinski definition) is 8. The van der Waals surface area contributed by atoms with Crippen molar-refractivity contribution >= 4 is 17.4 Å². The minimum absolute atomic E-state index is 0.0370. The number of aryl methyl sites for hydroxylation is 1. The third-order valence-corrected chi connectivity index (χ3v) is 6.62. The number of halogens is 4. The van der Waals surface area contributed by atoms with Crippen LogP contribution in [0, 0.1) is 12.7 Å². The molecule has 1 aromatic carbocycles. The number of alkyl halides is 3. The van der Waals surface area contributed by atoms with Crippen molar-refractivity contribution in [3.63, 3.8) is 0 Å². The first-order valence-corrected chi connectivity index (χ1v) is 12.2. The molecule has 200 valence electrons. The van der Waals surface area contributed by atoms with E-state index in [9.17, 15) is 13.2 Å². The summed E-state index contributed by atoms with van der Waals surface area (Å²) in [5.74, 6) is -0.736. The summed E-state index contributed by atoms with van der Waals surface area (Å²) >= 11 is 0. The van der Waals surface area contributed by atoms with Crippen molar-refractivity contribution in [1.82, 2.24) is 19.9 Å². The number of ether oxygens (including phenoxy) is 2. The minimum Gasteiger partial charge on any atom is -0.480 e. The Kier molecular flexibility index (Phi) is 6.99. The summed E-state index contributed by atoms with van der Waals surface area (Å²) in [4.78, 5) is 22.6. The average molecular weight is 531 g/mol. The van der Waals surface area contributed by atoms with Gasteiger partial charge >= 0.3 is 6.18 Å². The Balaban J connectivity index is 1.58. The molecular weight excluding hydrogens is 504 g/mol. The van der Waals surface area contributed by atoms with Gasteiger partial charge in [-0.3, -0.25) is 4.99 Å². The molecule has 3 aromatic rings. The Labute approximate surface area is 216 Å². The third kappa shape index (κ3) is 5.31. The van der Waals surface area contributed by atoms with Gasteiger partial charge in [-0.05, 0) is 50.8 Å². The van der Waals surface area contributed by atoms with E-state index >= 15 is 4.39 Å². The minimum atomic E-state index is -4.69. The number of methoxy groups -OCH3 is 1. The molecule has 38 heavy (non-hydrogen) atoms. The number of nitrogens with two attached hydrogens (primary N) is 1. The van der Waals surface area contributed by atoms with Crippen LogP contribution in [0.3, 0.4) is 0 Å². The van der Waals surface area contributed by atoms with Crippen LogP contribution in [0.25, 0.3) is 22.4 Å². The summed E-state index contributed by atoms with van der Waals surface area (Å²) in [6.45, 7) is 2.09. The smallest absolute Gasteiger partial charge is 0.416 e.